The number of allylic oxidation sites excluding steroid dienone is 5. The molecule has 0 aromatic carbocycles. The summed E-state index contributed by atoms with van der Waals surface area (Å²) in [6, 6.07) is 0. The van der Waals surface area contributed by atoms with Crippen LogP contribution in [-0.2, 0) is 10.7 Å². The van der Waals surface area contributed by atoms with Gasteiger partial charge in [0.15, 0.2) is 6.10 Å². The van der Waals surface area contributed by atoms with E-state index in [1.54, 1.807) is 19.9 Å². The zero-order chi connectivity index (χ0) is 17.0. The first-order valence-corrected chi connectivity index (χ1v) is 6.88. The highest BCUT2D eigenvalue weighted by Crippen LogP contribution is 2.37. The van der Waals surface area contributed by atoms with Gasteiger partial charge in [-0.25, -0.2) is 9.37 Å². The van der Waals surface area contributed by atoms with Crippen LogP contribution in [0.5, 0.6) is 0 Å². The summed E-state index contributed by atoms with van der Waals surface area (Å²) in [5.41, 5.74) is 0.475. The van der Waals surface area contributed by atoms with Crippen molar-refractivity contribution in [1.29, 1.82) is 0 Å². The number of alkyl halides is 2. The molecule has 1 aliphatic heterocycles. The number of ether oxygens (including phenoxy) is 1. The summed E-state index contributed by atoms with van der Waals surface area (Å²) in [6.07, 6.45) is 3.88. The van der Waals surface area contributed by atoms with Crippen molar-refractivity contribution >= 4 is 0 Å². The Balaban J connectivity index is 2.15. The topological polar surface area (TPSA) is 38.3 Å². The van der Waals surface area contributed by atoms with Gasteiger partial charge in [-0.2, -0.15) is 8.78 Å². The summed E-state index contributed by atoms with van der Waals surface area (Å²) < 4.78 is 45.5. The van der Waals surface area contributed by atoms with Crippen molar-refractivity contribution in [2.45, 2.75) is 25.9 Å². The van der Waals surface area contributed by atoms with Crippen LogP contribution in [0.15, 0.2) is 48.1 Å². The van der Waals surface area contributed by atoms with E-state index in [-0.39, 0.29) is 12.3 Å². The number of hydrogen-bond acceptors (Lipinski definition) is 3. The molecule has 1 aliphatic rings. The van der Waals surface area contributed by atoms with Crippen molar-refractivity contribution in [3.8, 4) is 11.8 Å². The molecule has 0 bridgehead atoms. The summed E-state index contributed by atoms with van der Waals surface area (Å²) in [7, 11) is 0. The minimum absolute atomic E-state index is 0.0154. The lowest BCUT2D eigenvalue weighted by molar-refractivity contribution is -0.0366. The normalized spacial score (nSPS) is 18.2. The van der Waals surface area contributed by atoms with E-state index in [1.165, 1.54) is 6.08 Å². The van der Waals surface area contributed by atoms with Crippen LogP contribution in [0.25, 0.3) is 0 Å². The Labute approximate surface area is 132 Å². The molecular weight excluding hydrogens is 305 g/mol. The second kappa shape index (κ2) is 6.80. The Hall–Kier alpha value is -2.39. The molecule has 1 atom stereocenters. The number of aromatic nitrogens is 2. The quantitative estimate of drug-likeness (QED) is 0.482. The highest BCUT2D eigenvalue weighted by atomic mass is 19.3. The average Bonchev–Trinajstić information content (AvgIpc) is 3.36. The van der Waals surface area contributed by atoms with Gasteiger partial charge < -0.3 is 4.74 Å². The number of epoxide rings is 1. The van der Waals surface area contributed by atoms with Crippen LogP contribution < -0.4 is 0 Å². The molecule has 0 N–H and O–H groups in total. The zero-order valence-corrected chi connectivity index (χ0v) is 12.7. The highest BCUT2D eigenvalue weighted by Gasteiger charge is 2.51. The molecule has 2 rings (SSSR count). The van der Waals surface area contributed by atoms with Gasteiger partial charge in [0.2, 0.25) is 0 Å². The molecule has 1 saturated heterocycles. The molecule has 23 heavy (non-hydrogen) atoms. The SMILES string of the molecule is C=C(C)C(F)=CC(C#Cc1cnc(C(F)(F)C2CO2)cn1)=CC. The molecule has 0 spiro atoms. The maximum absolute atomic E-state index is 13.7. The smallest absolute Gasteiger partial charge is 0.318 e. The number of hydrogen-bond donors (Lipinski definition) is 0. The first-order valence-electron chi connectivity index (χ1n) is 6.88. The Kier molecular flexibility index (Phi) is 5.02. The van der Waals surface area contributed by atoms with Crippen molar-refractivity contribution in [3.05, 3.63) is 59.5 Å². The fourth-order valence-electron chi connectivity index (χ4n) is 1.57. The second-order valence-electron chi connectivity index (χ2n) is 5.00. The van der Waals surface area contributed by atoms with E-state index < -0.39 is 23.5 Å². The molecule has 3 nitrogen and oxygen atoms in total. The maximum atomic E-state index is 13.7. The lowest BCUT2D eigenvalue weighted by Gasteiger charge is -2.11. The van der Waals surface area contributed by atoms with Crippen molar-refractivity contribution in [3.63, 3.8) is 0 Å². The first kappa shape index (κ1) is 17.0. The molecule has 1 fully saturated rings. The summed E-state index contributed by atoms with van der Waals surface area (Å²) in [5, 5.41) is 0. The average molecular weight is 320 g/mol. The molecule has 1 unspecified atom stereocenters. The molecular formula is C17H15F3N2O. The van der Waals surface area contributed by atoms with Gasteiger partial charge in [0.05, 0.1) is 19.0 Å². The van der Waals surface area contributed by atoms with Crippen LogP contribution in [-0.4, -0.2) is 22.7 Å². The zero-order valence-electron chi connectivity index (χ0n) is 12.7. The molecule has 120 valence electrons. The van der Waals surface area contributed by atoms with Crippen LogP contribution >= 0.6 is 0 Å². The van der Waals surface area contributed by atoms with Crippen LogP contribution in [0.3, 0.4) is 0 Å². The van der Waals surface area contributed by atoms with Crippen LogP contribution in [0.2, 0.25) is 0 Å². The second-order valence-corrected chi connectivity index (χ2v) is 5.00. The number of nitrogens with zero attached hydrogens (tertiary/aromatic N) is 2. The fraction of sp³-hybridized carbons (Fsp3) is 0.294. The summed E-state index contributed by atoms with van der Waals surface area (Å²) in [4.78, 5) is 7.53. The third kappa shape index (κ3) is 4.30. The van der Waals surface area contributed by atoms with Gasteiger partial charge in [-0.15, -0.1) is 0 Å². The molecule has 0 radical (unpaired) electrons. The molecule has 2 heterocycles. The van der Waals surface area contributed by atoms with Crippen LogP contribution in [0.1, 0.15) is 25.2 Å². The van der Waals surface area contributed by atoms with Crippen LogP contribution in [0, 0.1) is 11.8 Å². The van der Waals surface area contributed by atoms with Gasteiger partial charge in [0.1, 0.15) is 17.2 Å². The predicted molar refractivity (Wildman–Crippen MR) is 80.3 cm³/mol. The summed E-state index contributed by atoms with van der Waals surface area (Å²) in [5.74, 6) is 1.73. The van der Waals surface area contributed by atoms with E-state index >= 15 is 0 Å². The minimum atomic E-state index is -3.15. The molecule has 0 saturated carbocycles. The summed E-state index contributed by atoms with van der Waals surface area (Å²) in [6.45, 7) is 6.75. The molecule has 6 heteroatoms. The third-order valence-electron chi connectivity index (χ3n) is 3.07. The summed E-state index contributed by atoms with van der Waals surface area (Å²) >= 11 is 0. The highest BCUT2D eigenvalue weighted by molar-refractivity contribution is 5.45. The largest absolute Gasteiger partial charge is 0.366 e. The third-order valence-corrected chi connectivity index (χ3v) is 3.07. The number of rotatable bonds is 4. The van der Waals surface area contributed by atoms with Crippen molar-refractivity contribution in [1.82, 2.24) is 9.97 Å². The minimum Gasteiger partial charge on any atom is -0.366 e. The lowest BCUT2D eigenvalue weighted by Crippen LogP contribution is -2.22. The predicted octanol–water partition coefficient (Wildman–Crippen LogP) is 3.69. The van der Waals surface area contributed by atoms with Gasteiger partial charge in [-0.05, 0) is 31.4 Å². The van der Waals surface area contributed by atoms with Gasteiger partial charge in [-0.3, -0.25) is 4.98 Å². The van der Waals surface area contributed by atoms with Crippen molar-refractivity contribution in [2.75, 3.05) is 6.61 Å². The van der Waals surface area contributed by atoms with Gasteiger partial charge >= 0.3 is 5.92 Å². The van der Waals surface area contributed by atoms with Gasteiger partial charge in [-0.1, -0.05) is 18.6 Å². The van der Waals surface area contributed by atoms with Crippen molar-refractivity contribution in [2.24, 2.45) is 0 Å². The Bertz CT molecular complexity index is 720. The molecule has 0 amide bonds. The van der Waals surface area contributed by atoms with E-state index in [1.807, 2.05) is 0 Å². The van der Waals surface area contributed by atoms with E-state index in [9.17, 15) is 13.2 Å². The number of halogens is 3. The van der Waals surface area contributed by atoms with Crippen molar-refractivity contribution < 1.29 is 17.9 Å². The van der Waals surface area contributed by atoms with E-state index in [0.717, 1.165) is 12.4 Å². The van der Waals surface area contributed by atoms with Gasteiger partial charge in [0, 0.05) is 5.57 Å². The Morgan fingerprint density at radius 2 is 2.13 bits per heavy atom. The first-order chi connectivity index (χ1) is 10.8. The van der Waals surface area contributed by atoms with E-state index in [0.29, 0.717) is 11.1 Å². The molecule has 1 aromatic heterocycles. The molecule has 1 aromatic rings. The fourth-order valence-corrected chi connectivity index (χ4v) is 1.57. The van der Waals surface area contributed by atoms with E-state index in [2.05, 4.69) is 33.1 Å². The maximum Gasteiger partial charge on any atom is 0.318 e. The Morgan fingerprint density at radius 1 is 1.43 bits per heavy atom. The molecule has 0 aliphatic carbocycles. The standard InChI is InChI=1S/C17H15F3N2O/c1-4-12(7-14(18)11(2)3)5-6-13-8-22-15(9-21-13)17(19,20)16-10-23-16/h4,7-9,16H,2,10H2,1,3H3. The van der Waals surface area contributed by atoms with Gasteiger partial charge in [0.25, 0.3) is 0 Å². The monoisotopic (exact) mass is 320 g/mol. The lowest BCUT2D eigenvalue weighted by atomic mass is 10.2. The van der Waals surface area contributed by atoms with Crippen LogP contribution in [0.4, 0.5) is 13.2 Å². The van der Waals surface area contributed by atoms with E-state index in [4.69, 9.17) is 0 Å². The Morgan fingerprint density at radius 3 is 2.61 bits per heavy atom.